The van der Waals surface area contributed by atoms with Crippen LogP contribution in [0.2, 0.25) is 0 Å². The van der Waals surface area contributed by atoms with Crippen molar-refractivity contribution >= 4 is 29.0 Å². The first kappa shape index (κ1) is 38.1. The summed E-state index contributed by atoms with van der Waals surface area (Å²) in [6.07, 6.45) is 0.679. The molecule has 1 aliphatic heterocycles. The summed E-state index contributed by atoms with van der Waals surface area (Å²) in [6.45, 7) is 1.42. The van der Waals surface area contributed by atoms with Crippen LogP contribution in [0.5, 0.6) is 23.1 Å². The van der Waals surface area contributed by atoms with E-state index in [0.717, 1.165) is 21.3 Å². The number of carbonyl (C=O) groups excluding carboxylic acids is 1. The fraction of sp³-hybridized carbons (Fsp3) is 0.325. The molecule has 4 heterocycles. The van der Waals surface area contributed by atoms with E-state index in [9.17, 15) is 40.2 Å². The topological polar surface area (TPSA) is 248 Å². The van der Waals surface area contributed by atoms with Crippen LogP contribution < -0.4 is 26.5 Å². The van der Waals surface area contributed by atoms with Crippen molar-refractivity contribution in [3.8, 4) is 23.1 Å². The van der Waals surface area contributed by atoms with Gasteiger partial charge in [0.1, 0.15) is 29.5 Å². The molecule has 302 valence electrons. The van der Waals surface area contributed by atoms with Crippen molar-refractivity contribution in [3.05, 3.63) is 112 Å². The maximum Gasteiger partial charge on any atom is 0.331 e. The Morgan fingerprint density at radius 2 is 1.59 bits per heavy atom. The zero-order valence-electron chi connectivity index (χ0n) is 31.4. The number of urea groups is 1. The van der Waals surface area contributed by atoms with Crippen LogP contribution in [0, 0.1) is 0 Å². The van der Waals surface area contributed by atoms with Gasteiger partial charge in [-0.2, -0.15) is 9.97 Å². The minimum absolute atomic E-state index is 0.0740. The Morgan fingerprint density at radius 3 is 2.24 bits per heavy atom. The van der Waals surface area contributed by atoms with Crippen LogP contribution in [-0.4, -0.2) is 103 Å². The molecule has 0 spiro atoms. The molecule has 2 fully saturated rings. The smallest absolute Gasteiger partial charge is 0.331 e. The lowest BCUT2D eigenvalue weighted by atomic mass is 9.91. The molecular formula is C40H44N10O8. The largest absolute Gasteiger partial charge is 0.508 e. The number of hydrogen-bond donors (Lipinski definition) is 9. The first-order valence-corrected chi connectivity index (χ1v) is 18.9. The van der Waals surface area contributed by atoms with Crippen LogP contribution in [0.3, 0.4) is 0 Å². The number of aryl methyl sites for hydroxylation is 1. The van der Waals surface area contributed by atoms with E-state index in [-0.39, 0.29) is 54.1 Å². The highest BCUT2D eigenvalue weighted by Gasteiger charge is 2.46. The molecule has 6 aromatic rings. The molecule has 3 aromatic heterocycles. The number of carbonyl (C=O) groups is 1. The maximum absolute atomic E-state index is 12.9. The van der Waals surface area contributed by atoms with Gasteiger partial charge in [0, 0.05) is 45.2 Å². The Hall–Kier alpha value is -6.79. The summed E-state index contributed by atoms with van der Waals surface area (Å²) in [7, 11) is 1.49. The van der Waals surface area contributed by atoms with Gasteiger partial charge in [-0.1, -0.05) is 36.4 Å². The second-order valence-electron chi connectivity index (χ2n) is 14.8. The van der Waals surface area contributed by atoms with Gasteiger partial charge in [-0.25, -0.2) is 14.6 Å². The molecule has 1 aliphatic carbocycles. The molecule has 2 amide bonds. The van der Waals surface area contributed by atoms with E-state index in [1.165, 1.54) is 24.1 Å². The highest BCUT2D eigenvalue weighted by molar-refractivity contribution is 5.84. The summed E-state index contributed by atoms with van der Waals surface area (Å²) in [4.78, 5) is 42.2. The van der Waals surface area contributed by atoms with Gasteiger partial charge in [0.05, 0.1) is 24.6 Å². The molecular weight excluding hydrogens is 749 g/mol. The van der Waals surface area contributed by atoms with Crippen molar-refractivity contribution in [1.82, 2.24) is 39.3 Å². The van der Waals surface area contributed by atoms with Gasteiger partial charge in [-0.3, -0.25) is 9.13 Å². The summed E-state index contributed by atoms with van der Waals surface area (Å²) in [5.41, 5.74) is 2.71. The number of nitrogens with one attached hydrogen (secondary N) is 3. The van der Waals surface area contributed by atoms with E-state index in [4.69, 9.17) is 9.97 Å². The van der Waals surface area contributed by atoms with Gasteiger partial charge < -0.3 is 56.1 Å². The minimum atomic E-state index is -1.40. The number of phenols is 3. The number of fused-ring (bicyclic) bond motifs is 1. The maximum atomic E-state index is 12.9. The summed E-state index contributed by atoms with van der Waals surface area (Å²) in [5, 5.41) is 72.3. The quantitative estimate of drug-likeness (QED) is 0.0916. The molecule has 18 nitrogen and oxygen atoms in total. The standard InChI is InChI=1S/C40H44N10O8/c1-47-20-32(54)50(40(47)58)31-16-30(34(55)35(31)56)49-21-43-33-36(41-18-29(23-5-9-26(51)10-6-23)24-7-11-27(52)12-8-24)45-38(46-37(33)49)48-14-13-25(19-48)44-39(57)42-17-22-3-2-4-28(53)15-22/h2-12,15,20-21,25,29-31,34-35,51-56H,13-14,16-19H2,1H3,(H,41,45,46)(H2,42,44,57)/t25-,30-,31+,34+,35-/m1/s1. The number of aliphatic hydroxyl groups is 2. The number of amides is 2. The van der Waals surface area contributed by atoms with Crippen molar-refractivity contribution in [2.45, 2.75) is 55.6 Å². The lowest BCUT2D eigenvalue weighted by molar-refractivity contribution is 0.00756. The Labute approximate surface area is 331 Å². The van der Waals surface area contributed by atoms with E-state index in [0.29, 0.717) is 49.0 Å². The number of rotatable bonds is 11. The van der Waals surface area contributed by atoms with Gasteiger partial charge >= 0.3 is 11.7 Å². The van der Waals surface area contributed by atoms with Gasteiger partial charge in [0.25, 0.3) is 0 Å². The zero-order valence-corrected chi connectivity index (χ0v) is 31.4. The van der Waals surface area contributed by atoms with Crippen LogP contribution in [0.1, 0.15) is 47.5 Å². The molecule has 0 radical (unpaired) electrons. The molecule has 1 saturated carbocycles. The summed E-state index contributed by atoms with van der Waals surface area (Å²) in [6, 6.07) is 18.0. The number of imidazole rings is 2. The van der Waals surface area contributed by atoms with Gasteiger partial charge in [-0.15, -0.1) is 0 Å². The van der Waals surface area contributed by atoms with E-state index in [2.05, 4.69) is 20.9 Å². The fourth-order valence-corrected chi connectivity index (χ4v) is 7.99. The molecule has 8 rings (SSSR count). The Balaban J connectivity index is 1.10. The van der Waals surface area contributed by atoms with Crippen molar-refractivity contribution in [2.24, 2.45) is 7.05 Å². The molecule has 3 aromatic carbocycles. The third-order valence-electron chi connectivity index (χ3n) is 11.0. The molecule has 5 atom stereocenters. The first-order chi connectivity index (χ1) is 27.9. The third kappa shape index (κ3) is 7.53. The van der Waals surface area contributed by atoms with Crippen LogP contribution in [0.4, 0.5) is 16.6 Å². The average Bonchev–Trinajstić information content (AvgIpc) is 3.97. The van der Waals surface area contributed by atoms with E-state index < -0.39 is 30.0 Å². The number of aromatic hydroxyl groups is 4. The molecule has 18 heteroatoms. The molecule has 0 bridgehead atoms. The van der Waals surface area contributed by atoms with Gasteiger partial charge in [-0.05, 0) is 65.9 Å². The van der Waals surface area contributed by atoms with Crippen LogP contribution >= 0.6 is 0 Å². The monoisotopic (exact) mass is 792 g/mol. The predicted molar refractivity (Wildman–Crippen MR) is 212 cm³/mol. The van der Waals surface area contributed by atoms with Crippen molar-refractivity contribution in [3.63, 3.8) is 0 Å². The third-order valence-corrected chi connectivity index (χ3v) is 11.0. The van der Waals surface area contributed by atoms with Gasteiger partial charge in [0.15, 0.2) is 17.0 Å². The Morgan fingerprint density at radius 1 is 0.897 bits per heavy atom. The average molecular weight is 793 g/mol. The van der Waals surface area contributed by atoms with Crippen molar-refractivity contribution in [1.29, 1.82) is 0 Å². The lowest BCUT2D eigenvalue weighted by Crippen LogP contribution is -2.43. The number of nitrogens with zero attached hydrogens (tertiary/aromatic N) is 7. The van der Waals surface area contributed by atoms with Crippen LogP contribution in [0.25, 0.3) is 11.2 Å². The number of benzene rings is 3. The number of aliphatic hydroxyl groups excluding tert-OH is 2. The number of aromatic nitrogens is 6. The molecule has 58 heavy (non-hydrogen) atoms. The number of anilines is 2. The summed E-state index contributed by atoms with van der Waals surface area (Å²) >= 11 is 0. The molecule has 2 aliphatic rings. The number of phenolic OH excluding ortho intramolecular Hbond substituents is 3. The highest BCUT2D eigenvalue weighted by Crippen LogP contribution is 2.41. The normalized spacial score (nSPS) is 20.6. The Kier molecular flexibility index (Phi) is 10.3. The highest BCUT2D eigenvalue weighted by atomic mass is 16.3. The molecule has 0 unspecified atom stereocenters. The summed E-state index contributed by atoms with van der Waals surface area (Å²) in [5.74, 6) is 0.457. The minimum Gasteiger partial charge on any atom is -0.508 e. The number of hydrogen-bond acceptors (Lipinski definition) is 13. The fourth-order valence-electron chi connectivity index (χ4n) is 7.99. The van der Waals surface area contributed by atoms with E-state index in [1.54, 1.807) is 53.1 Å². The first-order valence-electron chi connectivity index (χ1n) is 18.9. The molecule has 9 N–H and O–H groups in total. The Bertz CT molecular complexity index is 2440. The van der Waals surface area contributed by atoms with Crippen LogP contribution in [0.15, 0.2) is 90.1 Å². The zero-order chi connectivity index (χ0) is 40.7. The lowest BCUT2D eigenvalue weighted by Gasteiger charge is -2.22. The summed E-state index contributed by atoms with van der Waals surface area (Å²) < 4.78 is 3.93. The second kappa shape index (κ2) is 15.6. The SMILES string of the molecule is Cn1cc(O)n([C@H]2C[C@@H](n3cnc4c(NCC(c5ccc(O)cc5)c5ccc(O)cc5)nc(N5CC[C@@H](NC(=O)NCc6cccc(O)c6)C5)nc43)[C@H](O)[C@@H]2O)c1=O. The predicted octanol–water partition coefficient (Wildman–Crippen LogP) is 2.38. The van der Waals surface area contributed by atoms with Crippen molar-refractivity contribution < 1.29 is 35.4 Å². The van der Waals surface area contributed by atoms with E-state index >= 15 is 0 Å². The second-order valence-corrected chi connectivity index (χ2v) is 14.8. The van der Waals surface area contributed by atoms with E-state index in [1.807, 2.05) is 29.2 Å². The van der Waals surface area contributed by atoms with Gasteiger partial charge in [0.2, 0.25) is 11.8 Å². The van der Waals surface area contributed by atoms with Crippen LogP contribution in [-0.2, 0) is 13.6 Å². The molecule has 1 saturated heterocycles. The van der Waals surface area contributed by atoms with Crippen molar-refractivity contribution in [2.75, 3.05) is 29.9 Å².